The first kappa shape index (κ1) is 15.5. The van der Waals surface area contributed by atoms with Gasteiger partial charge in [0.05, 0.1) is 17.7 Å². The summed E-state index contributed by atoms with van der Waals surface area (Å²) in [6.07, 6.45) is 0.497. The standard InChI is InChI=1S/C14H14N2O6/c17-12(13-2-1-7-21-13)8-15-14(18)9-22-11-5-3-10(4-6-11)16(19)20/h1-7,12,17H,8-9H2,(H,15,18). The highest BCUT2D eigenvalue weighted by Gasteiger charge is 2.12. The molecule has 0 bridgehead atoms. The molecule has 2 N–H and O–H groups in total. The number of hydrogen-bond acceptors (Lipinski definition) is 6. The highest BCUT2D eigenvalue weighted by Crippen LogP contribution is 2.17. The Morgan fingerprint density at radius 2 is 2.09 bits per heavy atom. The molecular weight excluding hydrogens is 292 g/mol. The largest absolute Gasteiger partial charge is 0.484 e. The lowest BCUT2D eigenvalue weighted by Crippen LogP contribution is -2.32. The van der Waals surface area contributed by atoms with Gasteiger partial charge in [-0.2, -0.15) is 0 Å². The molecule has 0 aliphatic heterocycles. The summed E-state index contributed by atoms with van der Waals surface area (Å²) in [5, 5.41) is 22.7. The number of non-ortho nitro benzene ring substituents is 1. The summed E-state index contributed by atoms with van der Waals surface area (Å²) in [5.74, 6) is 0.271. The van der Waals surface area contributed by atoms with Crippen LogP contribution >= 0.6 is 0 Å². The quantitative estimate of drug-likeness (QED) is 0.590. The van der Waals surface area contributed by atoms with E-state index in [1.165, 1.54) is 30.5 Å². The van der Waals surface area contributed by atoms with Crippen LogP contribution in [0.15, 0.2) is 47.1 Å². The van der Waals surface area contributed by atoms with Crippen LogP contribution in [0.3, 0.4) is 0 Å². The molecule has 2 rings (SSSR count). The zero-order chi connectivity index (χ0) is 15.9. The SMILES string of the molecule is O=C(COc1ccc([N+](=O)[O-])cc1)NCC(O)c1ccco1. The van der Waals surface area contributed by atoms with Crippen LogP contribution in [-0.2, 0) is 4.79 Å². The monoisotopic (exact) mass is 306 g/mol. The number of amides is 1. The fourth-order valence-corrected chi connectivity index (χ4v) is 1.66. The van der Waals surface area contributed by atoms with Gasteiger partial charge in [0, 0.05) is 12.1 Å². The van der Waals surface area contributed by atoms with Gasteiger partial charge in [-0.1, -0.05) is 0 Å². The minimum atomic E-state index is -0.932. The maximum absolute atomic E-state index is 11.6. The van der Waals surface area contributed by atoms with Crippen molar-refractivity contribution in [2.45, 2.75) is 6.10 Å². The molecule has 0 saturated heterocycles. The van der Waals surface area contributed by atoms with Gasteiger partial charge in [0.15, 0.2) is 6.61 Å². The Balaban J connectivity index is 1.74. The van der Waals surface area contributed by atoms with E-state index in [0.717, 1.165) is 0 Å². The molecule has 0 aliphatic carbocycles. The molecule has 1 amide bonds. The van der Waals surface area contributed by atoms with Gasteiger partial charge in [0.25, 0.3) is 11.6 Å². The molecule has 1 aromatic carbocycles. The highest BCUT2D eigenvalue weighted by atomic mass is 16.6. The summed E-state index contributed by atoms with van der Waals surface area (Å²) in [7, 11) is 0. The molecule has 0 fully saturated rings. The van der Waals surface area contributed by atoms with Crippen molar-refractivity contribution >= 4 is 11.6 Å². The predicted molar refractivity (Wildman–Crippen MR) is 75.3 cm³/mol. The summed E-state index contributed by atoms with van der Waals surface area (Å²) < 4.78 is 10.2. The Labute approximate surface area is 125 Å². The zero-order valence-electron chi connectivity index (χ0n) is 11.5. The number of aliphatic hydroxyl groups excluding tert-OH is 1. The van der Waals surface area contributed by atoms with E-state index in [-0.39, 0.29) is 18.8 Å². The van der Waals surface area contributed by atoms with Crippen molar-refractivity contribution in [3.63, 3.8) is 0 Å². The Kier molecular flexibility index (Phi) is 5.10. The Morgan fingerprint density at radius 1 is 1.36 bits per heavy atom. The predicted octanol–water partition coefficient (Wildman–Crippen LogP) is 1.42. The molecule has 2 aromatic rings. The number of rotatable bonds is 7. The van der Waals surface area contributed by atoms with E-state index in [1.807, 2.05) is 0 Å². The van der Waals surface area contributed by atoms with E-state index in [0.29, 0.717) is 11.5 Å². The fraction of sp³-hybridized carbons (Fsp3) is 0.214. The van der Waals surface area contributed by atoms with Crippen LogP contribution in [0.25, 0.3) is 0 Å². The van der Waals surface area contributed by atoms with Crippen LogP contribution in [0.5, 0.6) is 5.75 Å². The molecule has 8 nitrogen and oxygen atoms in total. The van der Waals surface area contributed by atoms with Crippen LogP contribution in [0.2, 0.25) is 0 Å². The molecule has 1 aromatic heterocycles. The van der Waals surface area contributed by atoms with Crippen LogP contribution in [0, 0.1) is 10.1 Å². The maximum Gasteiger partial charge on any atom is 0.269 e. The number of nitro benzene ring substituents is 1. The highest BCUT2D eigenvalue weighted by molar-refractivity contribution is 5.77. The lowest BCUT2D eigenvalue weighted by Gasteiger charge is -2.10. The molecule has 1 unspecified atom stereocenters. The number of furan rings is 1. The van der Waals surface area contributed by atoms with Gasteiger partial charge in [0.2, 0.25) is 0 Å². The number of nitrogens with zero attached hydrogens (tertiary/aromatic N) is 1. The van der Waals surface area contributed by atoms with Crippen molar-refractivity contribution in [2.24, 2.45) is 0 Å². The van der Waals surface area contributed by atoms with E-state index in [9.17, 15) is 20.0 Å². The maximum atomic E-state index is 11.6. The van der Waals surface area contributed by atoms with E-state index < -0.39 is 16.9 Å². The summed E-state index contributed by atoms with van der Waals surface area (Å²) in [5.41, 5.74) is -0.0571. The Bertz CT molecular complexity index is 623. The van der Waals surface area contributed by atoms with Gasteiger partial charge < -0.3 is 19.6 Å². The smallest absolute Gasteiger partial charge is 0.269 e. The molecule has 8 heteroatoms. The van der Waals surface area contributed by atoms with Crippen molar-refractivity contribution in [1.82, 2.24) is 5.32 Å². The second-order valence-electron chi connectivity index (χ2n) is 4.37. The van der Waals surface area contributed by atoms with E-state index >= 15 is 0 Å². The Hall–Kier alpha value is -2.87. The van der Waals surface area contributed by atoms with Gasteiger partial charge in [-0.05, 0) is 24.3 Å². The molecule has 1 atom stereocenters. The lowest BCUT2D eigenvalue weighted by molar-refractivity contribution is -0.384. The van der Waals surface area contributed by atoms with Crippen LogP contribution in [0.1, 0.15) is 11.9 Å². The van der Waals surface area contributed by atoms with Crippen molar-refractivity contribution in [3.05, 3.63) is 58.5 Å². The van der Waals surface area contributed by atoms with E-state index in [1.54, 1.807) is 12.1 Å². The molecular formula is C14H14N2O6. The van der Waals surface area contributed by atoms with Crippen LogP contribution < -0.4 is 10.1 Å². The average Bonchev–Trinajstić information content (AvgIpc) is 3.05. The summed E-state index contributed by atoms with van der Waals surface area (Å²) in [6, 6.07) is 8.62. The first-order chi connectivity index (χ1) is 10.6. The molecule has 22 heavy (non-hydrogen) atoms. The average molecular weight is 306 g/mol. The molecule has 0 spiro atoms. The Morgan fingerprint density at radius 3 is 2.68 bits per heavy atom. The van der Waals surface area contributed by atoms with Crippen molar-refractivity contribution in [2.75, 3.05) is 13.2 Å². The van der Waals surface area contributed by atoms with Crippen molar-refractivity contribution in [3.8, 4) is 5.75 Å². The van der Waals surface area contributed by atoms with Gasteiger partial charge in [-0.3, -0.25) is 14.9 Å². The number of benzene rings is 1. The van der Waals surface area contributed by atoms with E-state index in [2.05, 4.69) is 5.32 Å². The van der Waals surface area contributed by atoms with Crippen molar-refractivity contribution in [1.29, 1.82) is 0 Å². The number of carbonyl (C=O) groups is 1. The number of aliphatic hydroxyl groups is 1. The number of ether oxygens (including phenoxy) is 1. The van der Waals surface area contributed by atoms with Crippen LogP contribution in [-0.4, -0.2) is 29.1 Å². The first-order valence-electron chi connectivity index (χ1n) is 6.41. The number of hydrogen-bond donors (Lipinski definition) is 2. The number of nitrogens with one attached hydrogen (secondary N) is 1. The molecule has 116 valence electrons. The second kappa shape index (κ2) is 7.23. The van der Waals surface area contributed by atoms with Gasteiger partial charge in [-0.25, -0.2) is 0 Å². The van der Waals surface area contributed by atoms with Gasteiger partial charge in [-0.15, -0.1) is 0 Å². The van der Waals surface area contributed by atoms with Gasteiger partial charge in [0.1, 0.15) is 17.6 Å². The molecule has 0 saturated carbocycles. The third kappa shape index (κ3) is 4.32. The van der Waals surface area contributed by atoms with Gasteiger partial charge >= 0.3 is 0 Å². The molecule has 0 radical (unpaired) electrons. The van der Waals surface area contributed by atoms with Crippen LogP contribution in [0.4, 0.5) is 5.69 Å². The number of nitro groups is 1. The molecule has 0 aliphatic rings. The minimum Gasteiger partial charge on any atom is -0.484 e. The summed E-state index contributed by atoms with van der Waals surface area (Å²) >= 11 is 0. The number of carbonyl (C=O) groups excluding carboxylic acids is 1. The third-order valence-electron chi connectivity index (χ3n) is 2.78. The summed E-state index contributed by atoms with van der Waals surface area (Å²) in [6.45, 7) is -0.265. The summed E-state index contributed by atoms with van der Waals surface area (Å²) in [4.78, 5) is 21.6. The lowest BCUT2D eigenvalue weighted by atomic mass is 10.3. The van der Waals surface area contributed by atoms with E-state index in [4.69, 9.17) is 9.15 Å². The molecule has 1 heterocycles. The first-order valence-corrected chi connectivity index (χ1v) is 6.41. The van der Waals surface area contributed by atoms with Crippen molar-refractivity contribution < 1.29 is 24.0 Å². The zero-order valence-corrected chi connectivity index (χ0v) is 11.5. The third-order valence-corrected chi connectivity index (χ3v) is 2.78. The minimum absolute atomic E-state index is 0.00400. The second-order valence-corrected chi connectivity index (χ2v) is 4.37. The normalized spacial score (nSPS) is 11.7. The topological polar surface area (TPSA) is 115 Å². The fourth-order valence-electron chi connectivity index (χ4n) is 1.66.